The molecule has 2 atom stereocenters. The summed E-state index contributed by atoms with van der Waals surface area (Å²) in [6.07, 6.45) is 1.33. The molecule has 0 spiro atoms. The van der Waals surface area contributed by atoms with Gasteiger partial charge in [0.1, 0.15) is 5.75 Å². The average Bonchev–Trinajstić information content (AvgIpc) is 3.39. The molecule has 3 aromatic carbocycles. The Bertz CT molecular complexity index is 1380. The Hall–Kier alpha value is -3.69. The number of ether oxygens (including phenoxy) is 2. The third-order valence-corrected chi connectivity index (χ3v) is 8.53. The van der Waals surface area contributed by atoms with Crippen molar-refractivity contribution in [2.75, 3.05) is 25.5 Å². The zero-order valence-corrected chi connectivity index (χ0v) is 23.5. The van der Waals surface area contributed by atoms with Crippen LogP contribution in [-0.2, 0) is 19.4 Å². The molecule has 0 bridgehead atoms. The van der Waals surface area contributed by atoms with Crippen LogP contribution in [0.4, 0.5) is 0 Å². The topological polar surface area (TPSA) is 114 Å². The van der Waals surface area contributed by atoms with Crippen LogP contribution in [-0.4, -0.2) is 56.4 Å². The van der Waals surface area contributed by atoms with Crippen LogP contribution in [0.1, 0.15) is 49.8 Å². The zero-order valence-electron chi connectivity index (χ0n) is 22.7. The lowest BCUT2D eigenvalue weighted by Crippen LogP contribution is -2.49. The van der Waals surface area contributed by atoms with E-state index in [9.17, 15) is 13.2 Å². The number of amides is 1. The van der Waals surface area contributed by atoms with Gasteiger partial charge in [-0.2, -0.15) is 0 Å². The highest BCUT2D eigenvalue weighted by atomic mass is 32.2. The number of sulfone groups is 1. The molecule has 0 saturated heterocycles. The van der Waals surface area contributed by atoms with E-state index in [1.54, 1.807) is 54.6 Å². The average molecular weight is 565 g/mol. The molecule has 0 fully saturated rings. The van der Waals surface area contributed by atoms with Gasteiger partial charge in [-0.25, -0.2) is 13.4 Å². The summed E-state index contributed by atoms with van der Waals surface area (Å²) < 4.78 is 38.6. The van der Waals surface area contributed by atoms with Gasteiger partial charge in [-0.15, -0.1) is 0 Å². The second kappa shape index (κ2) is 13.6. The van der Waals surface area contributed by atoms with E-state index in [1.807, 2.05) is 37.3 Å². The predicted molar refractivity (Wildman–Crippen MR) is 154 cm³/mol. The Labute approximate surface area is 236 Å². The molecule has 1 heterocycles. The normalized spacial score (nSPS) is 18.6. The Morgan fingerprint density at radius 1 is 1.00 bits per heavy atom. The van der Waals surface area contributed by atoms with Gasteiger partial charge in [0.05, 0.1) is 17.3 Å². The Kier molecular flexibility index (Phi) is 9.95. The van der Waals surface area contributed by atoms with E-state index in [1.165, 1.54) is 0 Å². The first kappa shape index (κ1) is 29.3. The van der Waals surface area contributed by atoms with Crippen molar-refractivity contribution in [2.24, 2.45) is 4.99 Å². The minimum atomic E-state index is -3.69. The smallest absolute Gasteiger partial charge is 0.252 e. The third kappa shape index (κ3) is 6.89. The van der Waals surface area contributed by atoms with Gasteiger partial charge >= 0.3 is 0 Å². The number of carbonyl (C=O) groups excluding carboxylic acids is 1. The molecular formula is C31H36N2O6S. The predicted octanol–water partition coefficient (Wildman–Crippen LogP) is 4.49. The van der Waals surface area contributed by atoms with Gasteiger partial charge in [0, 0.05) is 31.6 Å². The Morgan fingerprint density at radius 2 is 1.68 bits per heavy atom. The minimum Gasteiger partial charge on any atom is -0.494 e. The fourth-order valence-electron chi connectivity index (χ4n) is 4.57. The number of aliphatic hydroxyl groups is 1. The molecule has 1 aliphatic heterocycles. The summed E-state index contributed by atoms with van der Waals surface area (Å²) in [6.45, 7) is 2.92. The summed E-state index contributed by atoms with van der Waals surface area (Å²) in [6, 6.07) is 24.7. The molecule has 40 heavy (non-hydrogen) atoms. The van der Waals surface area contributed by atoms with Crippen LogP contribution in [0.3, 0.4) is 0 Å². The van der Waals surface area contributed by atoms with E-state index in [4.69, 9.17) is 19.6 Å². The van der Waals surface area contributed by atoms with Crippen molar-refractivity contribution in [3.63, 3.8) is 0 Å². The van der Waals surface area contributed by atoms with Crippen molar-refractivity contribution >= 4 is 21.6 Å². The number of benzene rings is 3. The van der Waals surface area contributed by atoms with E-state index in [-0.39, 0.29) is 35.5 Å². The first-order chi connectivity index (χ1) is 19.4. The van der Waals surface area contributed by atoms with Crippen LogP contribution >= 0.6 is 0 Å². The molecule has 2 N–H and O–H groups in total. The van der Waals surface area contributed by atoms with Gasteiger partial charge in [-0.3, -0.25) is 4.79 Å². The molecule has 1 aliphatic rings. The van der Waals surface area contributed by atoms with Gasteiger partial charge < -0.3 is 19.9 Å². The molecule has 0 aromatic heterocycles. The third-order valence-electron chi connectivity index (χ3n) is 6.80. The number of hydrogen-bond acceptors (Lipinski definition) is 7. The van der Waals surface area contributed by atoms with Crippen molar-refractivity contribution in [2.45, 2.75) is 49.1 Å². The molecule has 0 unspecified atom stereocenters. The van der Waals surface area contributed by atoms with Crippen LogP contribution in [0.15, 0.2) is 94.8 Å². The molecule has 9 heteroatoms. The molecule has 0 radical (unpaired) electrons. The number of unbranched alkanes of at least 4 members (excludes halogenated alkanes) is 1. The van der Waals surface area contributed by atoms with E-state index < -0.39 is 21.5 Å². The second-order valence-electron chi connectivity index (χ2n) is 9.69. The molecule has 212 valence electrons. The maximum absolute atomic E-state index is 13.9. The minimum absolute atomic E-state index is 0.0476. The quantitative estimate of drug-likeness (QED) is 0.279. The summed E-state index contributed by atoms with van der Waals surface area (Å²) >= 11 is 0. The van der Waals surface area contributed by atoms with E-state index >= 15 is 0 Å². The molecule has 1 amide bonds. The lowest BCUT2D eigenvalue weighted by atomic mass is 9.85. The van der Waals surface area contributed by atoms with Crippen molar-refractivity contribution < 1.29 is 27.8 Å². The number of aliphatic hydroxyl groups excluding tert-OH is 1. The zero-order chi connectivity index (χ0) is 28.4. The number of hydrogen-bond donors (Lipinski definition) is 2. The van der Waals surface area contributed by atoms with E-state index in [0.29, 0.717) is 30.9 Å². The summed E-state index contributed by atoms with van der Waals surface area (Å²) in [4.78, 5) is 19.0. The van der Waals surface area contributed by atoms with Crippen molar-refractivity contribution in [3.8, 4) is 5.75 Å². The van der Waals surface area contributed by atoms with Crippen LogP contribution in [0.5, 0.6) is 5.75 Å². The standard InChI is InChI=1S/C31H36N2O6S/c1-2-3-20-32-30(35)31(19-23-40(36,37)27-13-8-5-9-14-27)28(24-11-6-4-7-12-24)39-29(33-31)25-15-17-26(18-16-25)38-22-10-21-34/h4-9,11-18,28,34H,2-3,10,19-23H2,1H3,(H,32,35)/t28-,31-/m1/s1. The number of aliphatic imine (C=N–C) groups is 1. The molecule has 0 saturated carbocycles. The van der Waals surface area contributed by atoms with Gasteiger partial charge in [-0.1, -0.05) is 61.9 Å². The lowest BCUT2D eigenvalue weighted by Gasteiger charge is -2.30. The molecule has 3 aromatic rings. The first-order valence-corrected chi connectivity index (χ1v) is 15.3. The summed E-state index contributed by atoms with van der Waals surface area (Å²) in [5.74, 6) is 0.253. The monoisotopic (exact) mass is 564 g/mol. The Morgan fingerprint density at radius 3 is 2.33 bits per heavy atom. The van der Waals surface area contributed by atoms with Crippen LogP contribution < -0.4 is 10.1 Å². The Balaban J connectivity index is 1.72. The summed E-state index contributed by atoms with van der Waals surface area (Å²) in [7, 11) is -3.69. The van der Waals surface area contributed by atoms with Crippen molar-refractivity contribution in [1.82, 2.24) is 5.32 Å². The van der Waals surface area contributed by atoms with Gasteiger partial charge in [0.25, 0.3) is 5.91 Å². The number of carbonyl (C=O) groups is 1. The van der Waals surface area contributed by atoms with Crippen molar-refractivity contribution in [3.05, 3.63) is 96.1 Å². The fraction of sp³-hybridized carbons (Fsp3) is 0.355. The molecular weight excluding hydrogens is 528 g/mol. The highest BCUT2D eigenvalue weighted by molar-refractivity contribution is 7.91. The largest absolute Gasteiger partial charge is 0.494 e. The first-order valence-electron chi connectivity index (χ1n) is 13.6. The lowest BCUT2D eigenvalue weighted by molar-refractivity contribution is -0.129. The SMILES string of the molecule is CCCCNC(=O)[C@]1(CCS(=O)(=O)c2ccccc2)N=C(c2ccc(OCCCO)cc2)O[C@@H]1c1ccccc1. The highest BCUT2D eigenvalue weighted by Gasteiger charge is 2.53. The van der Waals surface area contributed by atoms with Gasteiger partial charge in [0.15, 0.2) is 21.5 Å². The molecule has 8 nitrogen and oxygen atoms in total. The molecule has 0 aliphatic carbocycles. The van der Waals surface area contributed by atoms with E-state index in [0.717, 1.165) is 18.4 Å². The second-order valence-corrected chi connectivity index (χ2v) is 11.8. The summed E-state index contributed by atoms with van der Waals surface area (Å²) in [5, 5.41) is 12.0. The molecule has 4 rings (SSSR count). The van der Waals surface area contributed by atoms with Crippen LogP contribution in [0, 0.1) is 0 Å². The van der Waals surface area contributed by atoms with Crippen molar-refractivity contribution in [1.29, 1.82) is 0 Å². The maximum Gasteiger partial charge on any atom is 0.252 e. The summed E-state index contributed by atoms with van der Waals surface area (Å²) in [5.41, 5.74) is -0.125. The van der Waals surface area contributed by atoms with E-state index in [2.05, 4.69) is 5.32 Å². The highest BCUT2D eigenvalue weighted by Crippen LogP contribution is 2.43. The van der Waals surface area contributed by atoms with Gasteiger partial charge in [-0.05, 0) is 48.4 Å². The number of rotatable bonds is 14. The van der Waals surface area contributed by atoms with Crippen LogP contribution in [0.25, 0.3) is 0 Å². The number of nitrogens with one attached hydrogen (secondary N) is 1. The maximum atomic E-state index is 13.9. The van der Waals surface area contributed by atoms with Gasteiger partial charge in [0.2, 0.25) is 5.90 Å². The number of nitrogens with zero attached hydrogens (tertiary/aromatic N) is 1. The van der Waals surface area contributed by atoms with Crippen LogP contribution in [0.2, 0.25) is 0 Å². The fourth-order valence-corrected chi connectivity index (χ4v) is 5.95.